The zero-order valence-electron chi connectivity index (χ0n) is 15.9. The van der Waals surface area contributed by atoms with Gasteiger partial charge in [0.05, 0.1) is 6.10 Å². The molecule has 1 saturated carbocycles. The number of hydrogen-bond donors (Lipinski definition) is 2. The van der Waals surface area contributed by atoms with Crippen molar-refractivity contribution in [1.82, 2.24) is 14.8 Å². The van der Waals surface area contributed by atoms with Gasteiger partial charge in [-0.25, -0.2) is 0 Å². The molecule has 0 bridgehead atoms. The van der Waals surface area contributed by atoms with Crippen molar-refractivity contribution in [1.29, 1.82) is 0 Å². The summed E-state index contributed by atoms with van der Waals surface area (Å²) in [7, 11) is 4.02. The van der Waals surface area contributed by atoms with Crippen LogP contribution in [0.3, 0.4) is 0 Å². The predicted octanol–water partition coefficient (Wildman–Crippen LogP) is 1.62. The Hall–Kier alpha value is -1.66. The van der Waals surface area contributed by atoms with Crippen LogP contribution in [0.4, 0.5) is 0 Å². The van der Waals surface area contributed by atoms with Crippen molar-refractivity contribution in [2.45, 2.75) is 51.2 Å². The van der Waals surface area contributed by atoms with Crippen LogP contribution in [-0.2, 0) is 6.42 Å². The van der Waals surface area contributed by atoms with Gasteiger partial charge >= 0.3 is 0 Å². The van der Waals surface area contributed by atoms with Gasteiger partial charge in [-0.2, -0.15) is 0 Å². The molecule has 4 atom stereocenters. The molecular weight excluding hydrogens is 330 g/mol. The molecule has 2 aliphatic carbocycles. The van der Waals surface area contributed by atoms with Crippen molar-refractivity contribution in [3.63, 3.8) is 0 Å². The molecule has 2 fully saturated rings. The van der Waals surface area contributed by atoms with Crippen molar-refractivity contribution in [3.05, 3.63) is 22.5 Å². The van der Waals surface area contributed by atoms with Gasteiger partial charge < -0.3 is 19.9 Å². The topological polar surface area (TPSA) is 76.6 Å². The highest BCUT2D eigenvalue weighted by Gasteiger charge is 2.44. The van der Waals surface area contributed by atoms with Crippen LogP contribution in [0.2, 0.25) is 0 Å². The lowest BCUT2D eigenvalue weighted by atomic mass is 9.77. The Kier molecular flexibility index (Phi) is 4.43. The summed E-state index contributed by atoms with van der Waals surface area (Å²) in [4.78, 5) is 32.6. The van der Waals surface area contributed by atoms with Gasteiger partial charge in [0, 0.05) is 36.8 Å². The van der Waals surface area contributed by atoms with Crippen LogP contribution in [-0.4, -0.2) is 70.9 Å². The van der Waals surface area contributed by atoms with Gasteiger partial charge in [-0.3, -0.25) is 9.59 Å². The number of nitrogens with one attached hydrogen (secondary N) is 1. The number of aromatic nitrogens is 1. The normalized spacial score (nSPS) is 31.3. The first-order valence-corrected chi connectivity index (χ1v) is 9.75. The van der Waals surface area contributed by atoms with Gasteiger partial charge in [0.25, 0.3) is 5.91 Å². The number of likely N-dealkylation sites (N-methyl/N-ethyl adjacent to an activating group) is 1. The summed E-state index contributed by atoms with van der Waals surface area (Å²) in [5.41, 5.74) is 3.09. The average Bonchev–Trinajstić information content (AvgIpc) is 3.15. The molecule has 0 radical (unpaired) electrons. The largest absolute Gasteiger partial charge is 0.391 e. The summed E-state index contributed by atoms with van der Waals surface area (Å²) in [6.45, 7) is 3.34. The predicted molar refractivity (Wildman–Crippen MR) is 98.4 cm³/mol. The maximum Gasteiger partial charge on any atom is 0.270 e. The van der Waals surface area contributed by atoms with Crippen LogP contribution in [0, 0.1) is 18.8 Å². The van der Waals surface area contributed by atoms with E-state index in [-0.39, 0.29) is 23.8 Å². The number of carbonyl (C=O) groups is 2. The number of aliphatic hydroxyl groups excluding tert-OH is 1. The number of aliphatic hydroxyl groups is 1. The number of rotatable bonds is 2. The minimum atomic E-state index is -0.321. The average molecular weight is 359 g/mol. The lowest BCUT2D eigenvalue weighted by molar-refractivity contribution is 0.00940. The van der Waals surface area contributed by atoms with E-state index in [2.05, 4.69) is 9.88 Å². The maximum atomic E-state index is 13.1. The Morgan fingerprint density at radius 3 is 2.54 bits per heavy atom. The standard InChI is InChI=1S/C20H29N3O3/c1-11-18-14(5-4-6-16(18)24)21-19(11)20(26)23-9-12-7-15(22(2)3)17(25)8-13(12)10-23/h12-13,15,17,21,25H,4-10H2,1-3H3/t12-,13+,15-,17-/m1/s1. The molecule has 0 unspecified atom stereocenters. The summed E-state index contributed by atoms with van der Waals surface area (Å²) in [6, 6.07) is 0.170. The highest BCUT2D eigenvalue weighted by atomic mass is 16.3. The molecule has 3 aliphatic rings. The Bertz CT molecular complexity index is 739. The second kappa shape index (κ2) is 6.50. The molecular formula is C20H29N3O3. The quantitative estimate of drug-likeness (QED) is 0.841. The second-order valence-corrected chi connectivity index (χ2v) is 8.56. The van der Waals surface area contributed by atoms with Gasteiger partial charge in [0.15, 0.2) is 5.78 Å². The van der Waals surface area contributed by atoms with Crippen molar-refractivity contribution in [2.24, 2.45) is 11.8 Å². The number of nitrogens with zero attached hydrogens (tertiary/aromatic N) is 2. The summed E-state index contributed by atoms with van der Waals surface area (Å²) in [5, 5.41) is 10.4. The Morgan fingerprint density at radius 1 is 1.19 bits per heavy atom. The first kappa shape index (κ1) is 17.7. The number of hydrogen-bond acceptors (Lipinski definition) is 4. The number of aromatic amines is 1. The van der Waals surface area contributed by atoms with Gasteiger partial charge in [0.2, 0.25) is 0 Å². The van der Waals surface area contributed by atoms with Gasteiger partial charge in [-0.1, -0.05) is 0 Å². The second-order valence-electron chi connectivity index (χ2n) is 8.56. The third kappa shape index (κ3) is 2.79. The van der Waals surface area contributed by atoms with Crippen LogP contribution in [0.25, 0.3) is 0 Å². The first-order valence-electron chi connectivity index (χ1n) is 9.75. The van der Waals surface area contributed by atoms with E-state index >= 15 is 0 Å². The molecule has 26 heavy (non-hydrogen) atoms. The fourth-order valence-corrected chi connectivity index (χ4v) is 5.27. The van der Waals surface area contributed by atoms with Crippen LogP contribution >= 0.6 is 0 Å². The summed E-state index contributed by atoms with van der Waals surface area (Å²) < 4.78 is 0. The molecule has 2 heterocycles. The third-order valence-electron chi connectivity index (χ3n) is 6.71. The van der Waals surface area contributed by atoms with Crippen LogP contribution in [0.1, 0.15) is 57.8 Å². The van der Waals surface area contributed by atoms with Crippen molar-refractivity contribution < 1.29 is 14.7 Å². The fourth-order valence-electron chi connectivity index (χ4n) is 5.27. The van der Waals surface area contributed by atoms with E-state index in [1.165, 1.54) is 0 Å². The monoisotopic (exact) mass is 359 g/mol. The Labute approximate surface area is 154 Å². The molecule has 4 rings (SSSR count). The minimum Gasteiger partial charge on any atom is -0.391 e. The summed E-state index contributed by atoms with van der Waals surface area (Å²) in [6.07, 6.45) is 3.65. The van der Waals surface area contributed by atoms with Gasteiger partial charge in [-0.15, -0.1) is 0 Å². The van der Waals surface area contributed by atoms with E-state index in [1.807, 2.05) is 25.9 Å². The van der Waals surface area contributed by atoms with Crippen LogP contribution in [0.15, 0.2) is 0 Å². The van der Waals surface area contributed by atoms with Crippen LogP contribution in [0.5, 0.6) is 0 Å². The SMILES string of the molecule is Cc1c(C(=O)N2C[C@H]3C[C@@H](N(C)C)[C@H](O)C[C@H]3C2)[nH]c2c1C(=O)CCC2. The summed E-state index contributed by atoms with van der Waals surface area (Å²) >= 11 is 0. The molecule has 6 nitrogen and oxygen atoms in total. The van der Waals surface area contributed by atoms with E-state index < -0.39 is 0 Å². The fraction of sp³-hybridized carbons (Fsp3) is 0.700. The molecule has 1 aliphatic heterocycles. The number of ketones is 1. The van der Waals surface area contributed by atoms with Crippen molar-refractivity contribution in [3.8, 4) is 0 Å². The lowest BCUT2D eigenvalue weighted by Crippen LogP contribution is -2.46. The van der Waals surface area contributed by atoms with Crippen LogP contribution < -0.4 is 0 Å². The van der Waals surface area contributed by atoms with Crippen molar-refractivity contribution in [2.75, 3.05) is 27.2 Å². The minimum absolute atomic E-state index is 0.00925. The zero-order chi connectivity index (χ0) is 18.6. The molecule has 0 aromatic carbocycles. The first-order chi connectivity index (χ1) is 12.4. The number of amides is 1. The van der Waals surface area contributed by atoms with E-state index in [4.69, 9.17) is 0 Å². The summed E-state index contributed by atoms with van der Waals surface area (Å²) in [5.74, 6) is 0.985. The maximum absolute atomic E-state index is 13.1. The number of carbonyl (C=O) groups excluding carboxylic acids is 2. The van der Waals surface area contributed by atoms with E-state index in [0.717, 1.165) is 49.0 Å². The molecule has 1 amide bonds. The highest BCUT2D eigenvalue weighted by molar-refractivity contribution is 6.04. The number of likely N-dealkylation sites (tertiary alicyclic amines) is 1. The lowest BCUT2D eigenvalue weighted by Gasteiger charge is -2.38. The molecule has 6 heteroatoms. The number of Topliss-reactive ketones (excluding diaryl/α,β-unsaturated/α-hetero) is 1. The molecule has 0 spiro atoms. The van der Waals surface area contributed by atoms with Gasteiger partial charge in [0.1, 0.15) is 5.69 Å². The number of fused-ring (bicyclic) bond motifs is 2. The number of H-pyrrole nitrogens is 1. The number of aryl methyl sites for hydroxylation is 1. The zero-order valence-corrected chi connectivity index (χ0v) is 15.9. The molecule has 142 valence electrons. The molecule has 1 saturated heterocycles. The Morgan fingerprint density at radius 2 is 1.88 bits per heavy atom. The van der Waals surface area contributed by atoms with E-state index in [1.54, 1.807) is 0 Å². The van der Waals surface area contributed by atoms with E-state index in [9.17, 15) is 14.7 Å². The third-order valence-corrected chi connectivity index (χ3v) is 6.71. The van der Waals surface area contributed by atoms with Gasteiger partial charge in [-0.05, 0) is 64.1 Å². The molecule has 1 aromatic heterocycles. The van der Waals surface area contributed by atoms with Crippen molar-refractivity contribution >= 4 is 11.7 Å². The highest BCUT2D eigenvalue weighted by Crippen LogP contribution is 2.38. The molecule has 2 N–H and O–H groups in total. The smallest absolute Gasteiger partial charge is 0.270 e. The Balaban J connectivity index is 1.53. The van der Waals surface area contributed by atoms with E-state index in [0.29, 0.717) is 30.5 Å². The molecule has 1 aromatic rings.